The van der Waals surface area contributed by atoms with E-state index in [2.05, 4.69) is 124 Å². The molecule has 0 spiro atoms. The lowest BCUT2D eigenvalue weighted by Crippen LogP contribution is -2.07. The van der Waals surface area contributed by atoms with Gasteiger partial charge in [0.15, 0.2) is 0 Å². The Balaban J connectivity index is 1.11. The van der Waals surface area contributed by atoms with Gasteiger partial charge in [0, 0.05) is 73.6 Å². The van der Waals surface area contributed by atoms with E-state index in [0.29, 0.717) is 64.6 Å². The number of phenols is 4. The van der Waals surface area contributed by atoms with Crippen LogP contribution in [-0.4, -0.2) is 33.6 Å². The van der Waals surface area contributed by atoms with Gasteiger partial charge in [0.05, 0.1) is 13.2 Å². The van der Waals surface area contributed by atoms with Crippen LogP contribution < -0.4 is 9.47 Å². The first-order valence-corrected chi connectivity index (χ1v) is 30.1. The van der Waals surface area contributed by atoms with E-state index in [4.69, 9.17) is 9.47 Å². The van der Waals surface area contributed by atoms with Crippen molar-refractivity contribution < 1.29 is 29.9 Å². The van der Waals surface area contributed by atoms with Gasteiger partial charge in [-0.25, -0.2) is 0 Å². The van der Waals surface area contributed by atoms with Crippen LogP contribution in [0.2, 0.25) is 0 Å². The summed E-state index contributed by atoms with van der Waals surface area (Å²) in [6.45, 7) is 9.40. The molecule has 10 aromatic carbocycles. The molecule has 0 aromatic heterocycles. The molecule has 0 fully saturated rings. The Morgan fingerprint density at radius 1 is 0.302 bits per heavy atom. The molecule has 0 saturated heterocycles. The number of fused-ring (bicyclic) bond motifs is 16. The summed E-state index contributed by atoms with van der Waals surface area (Å²) in [7, 11) is 0. The van der Waals surface area contributed by atoms with E-state index in [9.17, 15) is 20.4 Å². The zero-order valence-corrected chi connectivity index (χ0v) is 49.4. The minimum absolute atomic E-state index is 0.223. The second kappa shape index (κ2) is 25.1. The third kappa shape index (κ3) is 12.2. The third-order valence-electron chi connectivity index (χ3n) is 16.8. The maximum Gasteiger partial charge on any atom is 0.126 e. The van der Waals surface area contributed by atoms with Crippen molar-refractivity contribution in [2.24, 2.45) is 0 Å². The molecule has 4 N–H and O–H groups in total. The van der Waals surface area contributed by atoms with E-state index < -0.39 is 0 Å². The number of hydrogen-bond donors (Lipinski definition) is 4. The number of rotatable bonds is 7. The summed E-state index contributed by atoms with van der Waals surface area (Å²) in [5, 5.41) is 50.1. The van der Waals surface area contributed by atoms with Gasteiger partial charge in [-0.15, -0.1) is 0 Å². The standard InChI is InChI=1S/C80H70O6/c1-5-37-85-79-63-21-11-22-64(79)40-56-14-8-18-60(76(56)82)44-70-48-67(47-69(43-59-17-7-13-55(39-63)75(59)81)73(70)35-33-53-29-25-51(3)26-30-53)68-49-71-45-61-19-9-15-57(77(61)83)41-65-23-12-24-66(80(65)86-38-6-2)42-58-16-10-20-62(78(58)84)46-72(50-68)74(71)36-34-54-31-27-52(4)28-32-54/h7-32,47-50,81-84H,5-6,37-46H2,1-4H3. The molecule has 6 nitrogen and oxygen atoms in total. The van der Waals surface area contributed by atoms with Crippen molar-refractivity contribution in [1.29, 1.82) is 0 Å². The Kier molecular flexibility index (Phi) is 16.5. The first-order valence-electron chi connectivity index (χ1n) is 30.1. The zero-order valence-electron chi connectivity index (χ0n) is 49.4. The van der Waals surface area contributed by atoms with Crippen LogP contribution in [0.5, 0.6) is 34.5 Å². The zero-order chi connectivity index (χ0) is 59.3. The highest BCUT2D eigenvalue weighted by Gasteiger charge is 2.24. The van der Waals surface area contributed by atoms with Crippen LogP contribution in [0.4, 0.5) is 0 Å². The van der Waals surface area contributed by atoms with E-state index >= 15 is 0 Å². The summed E-state index contributed by atoms with van der Waals surface area (Å²) < 4.78 is 13.1. The van der Waals surface area contributed by atoms with Gasteiger partial charge in [-0.05, 0) is 175 Å². The number of hydrogen-bond acceptors (Lipinski definition) is 6. The molecule has 0 atom stereocenters. The van der Waals surface area contributed by atoms with Gasteiger partial charge >= 0.3 is 0 Å². The number of ether oxygens (including phenoxy) is 2. The lowest BCUT2D eigenvalue weighted by molar-refractivity contribution is 0.311. The molecule has 0 radical (unpaired) electrons. The first kappa shape index (κ1) is 56.6. The number of benzene rings is 10. The number of aromatic hydroxyl groups is 4. The second-order valence-electron chi connectivity index (χ2n) is 23.2. The molecule has 10 aromatic rings. The smallest absolute Gasteiger partial charge is 0.126 e. The lowest BCUT2D eigenvalue weighted by atomic mass is 9.84. The Bertz CT molecular complexity index is 3860. The van der Waals surface area contributed by atoms with Crippen molar-refractivity contribution in [2.45, 2.75) is 91.9 Å². The average Bonchev–Trinajstić information content (AvgIpc) is 1.75. The van der Waals surface area contributed by atoms with Gasteiger partial charge < -0.3 is 29.9 Å². The van der Waals surface area contributed by atoms with Gasteiger partial charge in [-0.3, -0.25) is 0 Å². The first-order chi connectivity index (χ1) is 42.0. The summed E-state index contributed by atoms with van der Waals surface area (Å²) in [4.78, 5) is 0. The normalized spacial score (nSPS) is 12.5. The van der Waals surface area contributed by atoms with Gasteiger partial charge in [0.2, 0.25) is 0 Å². The van der Waals surface area contributed by atoms with Crippen molar-refractivity contribution in [2.75, 3.05) is 13.2 Å². The van der Waals surface area contributed by atoms with Gasteiger partial charge in [-0.2, -0.15) is 0 Å². The van der Waals surface area contributed by atoms with E-state index in [-0.39, 0.29) is 23.0 Å². The highest BCUT2D eigenvalue weighted by molar-refractivity contribution is 5.74. The average molecular weight is 1130 g/mol. The molecule has 6 heteroatoms. The van der Waals surface area contributed by atoms with Gasteiger partial charge in [0.1, 0.15) is 34.5 Å². The second-order valence-corrected chi connectivity index (χ2v) is 23.2. The van der Waals surface area contributed by atoms with E-state index in [0.717, 1.165) is 158 Å². The Morgan fingerprint density at radius 2 is 0.535 bits per heavy atom. The van der Waals surface area contributed by atoms with E-state index in [1.165, 1.54) is 0 Å². The maximum absolute atomic E-state index is 12.5. The number of phenolic OH excluding ortho intramolecular Hbond substituents is 4. The summed E-state index contributed by atoms with van der Waals surface area (Å²) in [5.74, 6) is 16.8. The molecule has 0 unspecified atom stereocenters. The highest BCUT2D eigenvalue weighted by Crippen LogP contribution is 2.41. The molecule has 2 aliphatic rings. The van der Waals surface area contributed by atoms with Crippen LogP contribution in [-0.2, 0) is 51.4 Å². The summed E-state index contributed by atoms with van der Waals surface area (Å²) in [6, 6.07) is 61.7. The van der Waals surface area contributed by atoms with Crippen molar-refractivity contribution in [3.05, 3.63) is 304 Å². The molecule has 2 aliphatic carbocycles. The van der Waals surface area contributed by atoms with Crippen molar-refractivity contribution >= 4 is 0 Å². The molecule has 86 heavy (non-hydrogen) atoms. The van der Waals surface area contributed by atoms with Crippen LogP contribution >= 0.6 is 0 Å². The summed E-state index contributed by atoms with van der Waals surface area (Å²) in [5.41, 5.74) is 21.1. The quantitative estimate of drug-likeness (QED) is 0.119. The van der Waals surface area contributed by atoms with E-state index in [1.807, 2.05) is 109 Å². The van der Waals surface area contributed by atoms with E-state index in [1.54, 1.807) is 0 Å². The lowest BCUT2D eigenvalue weighted by Gasteiger charge is -2.21. The van der Waals surface area contributed by atoms with Crippen LogP contribution in [0.3, 0.4) is 0 Å². The minimum atomic E-state index is 0.223. The van der Waals surface area contributed by atoms with Crippen LogP contribution in [0.15, 0.2) is 182 Å². The summed E-state index contributed by atoms with van der Waals surface area (Å²) in [6.07, 6.45) is 4.80. The molecule has 426 valence electrons. The highest BCUT2D eigenvalue weighted by atomic mass is 16.5. The number of para-hydroxylation sites is 6. The fraction of sp³-hybridized carbons (Fsp3) is 0.200. The Morgan fingerprint density at radius 3 is 0.779 bits per heavy atom. The third-order valence-corrected chi connectivity index (χ3v) is 16.8. The molecule has 12 rings (SSSR count). The molecule has 0 amide bonds. The predicted molar refractivity (Wildman–Crippen MR) is 346 cm³/mol. The maximum atomic E-state index is 12.5. The Labute approximate surface area is 506 Å². The SMILES string of the molecule is CCCOc1c2cccc1Cc1cccc(c1O)Cc1cc(-c3cc4c(C#Cc5ccc(C)cc5)c(c3)Cc3cccc(c3O)Cc3cccc(c3OCCC)Cc3cccc(c3O)C4)cc(c1C#Cc1ccc(C)cc1)Cc1cccc(c1O)C2. The molecule has 0 saturated carbocycles. The van der Waals surface area contributed by atoms with Gasteiger partial charge in [0.25, 0.3) is 0 Å². The monoisotopic (exact) mass is 1130 g/mol. The Hall–Kier alpha value is -9.88. The van der Waals surface area contributed by atoms with Crippen molar-refractivity contribution in [1.82, 2.24) is 0 Å². The van der Waals surface area contributed by atoms with Crippen molar-refractivity contribution in [3.8, 4) is 69.3 Å². The largest absolute Gasteiger partial charge is 0.507 e. The summed E-state index contributed by atoms with van der Waals surface area (Å²) >= 11 is 0. The van der Waals surface area contributed by atoms with Crippen molar-refractivity contribution in [3.63, 3.8) is 0 Å². The molecule has 0 aliphatic heterocycles. The fourth-order valence-electron chi connectivity index (χ4n) is 12.3. The van der Waals surface area contributed by atoms with Crippen LogP contribution in [0.25, 0.3) is 11.1 Å². The van der Waals surface area contributed by atoms with Crippen LogP contribution in [0, 0.1) is 37.5 Å². The molecule has 16 bridgehead atoms. The van der Waals surface area contributed by atoms with Crippen LogP contribution in [0.1, 0.15) is 149 Å². The minimum Gasteiger partial charge on any atom is -0.507 e. The predicted octanol–water partition coefficient (Wildman–Crippen LogP) is 16.5. The van der Waals surface area contributed by atoms with Gasteiger partial charge in [-0.1, -0.05) is 182 Å². The topological polar surface area (TPSA) is 99.4 Å². The molecular weight excluding hydrogens is 1060 g/mol. The fourth-order valence-corrected chi connectivity index (χ4v) is 12.3. The number of aryl methyl sites for hydroxylation is 2. The molecular formula is C80H70O6. The molecule has 0 heterocycles.